The molecule has 2 saturated carbocycles. The molecular weight excluding hydrogens is 500 g/mol. The van der Waals surface area contributed by atoms with E-state index in [1.807, 2.05) is 37.6 Å². The highest BCUT2D eigenvalue weighted by molar-refractivity contribution is 7.93. The standard InChI is InChI=1S/C28H34N6O3S/c1-4-21(27-32-31-19-34(27)24-12-13-24)8-6-7-16-30-28(35)26-18-22(15-17-29-26)20(3)9-14-25(5-2)38(36,37)33-23-10-11-23/h4-9,14-15,17-19,23-24,27,32-33H,1-2,10-13,16H2,3H3,(H,30,35)/b7-6-,20-9+,21-8+,25-14+. The van der Waals surface area contributed by atoms with Crippen molar-refractivity contribution < 1.29 is 13.2 Å². The van der Waals surface area contributed by atoms with Gasteiger partial charge in [0.05, 0.1) is 4.91 Å². The Kier molecular flexibility index (Phi) is 8.75. The monoisotopic (exact) mass is 534 g/mol. The molecule has 0 spiro atoms. The molecule has 1 aliphatic heterocycles. The lowest BCUT2D eigenvalue weighted by atomic mass is 10.1. The number of allylic oxidation sites excluding steroid dienone is 6. The number of rotatable bonds is 13. The summed E-state index contributed by atoms with van der Waals surface area (Å²) in [7, 11) is -3.60. The number of aromatic nitrogens is 1. The van der Waals surface area contributed by atoms with Crippen LogP contribution in [0.1, 0.15) is 48.7 Å². The largest absolute Gasteiger partial charge is 0.347 e. The molecule has 200 valence electrons. The van der Waals surface area contributed by atoms with Gasteiger partial charge < -0.3 is 10.2 Å². The highest BCUT2D eigenvalue weighted by Crippen LogP contribution is 2.30. The fraction of sp³-hybridized carbons (Fsp3) is 0.321. The van der Waals surface area contributed by atoms with Crippen molar-refractivity contribution in [2.75, 3.05) is 6.54 Å². The third-order valence-electron chi connectivity index (χ3n) is 6.37. The Bertz CT molecular complexity index is 1330. The van der Waals surface area contributed by atoms with Gasteiger partial charge in [0.1, 0.15) is 18.2 Å². The van der Waals surface area contributed by atoms with Crippen LogP contribution in [0.25, 0.3) is 5.57 Å². The summed E-state index contributed by atoms with van der Waals surface area (Å²) in [4.78, 5) is 19.1. The second kappa shape index (κ2) is 12.2. The highest BCUT2D eigenvalue weighted by Gasteiger charge is 2.35. The molecule has 1 atom stereocenters. The van der Waals surface area contributed by atoms with Gasteiger partial charge in [0.2, 0.25) is 10.0 Å². The summed E-state index contributed by atoms with van der Waals surface area (Å²) in [6, 6.07) is 4.00. The molecule has 0 radical (unpaired) electrons. The third kappa shape index (κ3) is 7.17. The first-order chi connectivity index (χ1) is 18.3. The molecule has 2 aliphatic carbocycles. The van der Waals surface area contributed by atoms with Crippen LogP contribution in [-0.4, -0.2) is 55.3 Å². The lowest BCUT2D eigenvalue weighted by Gasteiger charge is -2.24. The van der Waals surface area contributed by atoms with Crippen LogP contribution < -0.4 is 15.5 Å². The molecule has 38 heavy (non-hydrogen) atoms. The molecule has 0 saturated heterocycles. The van der Waals surface area contributed by atoms with Crippen LogP contribution >= 0.6 is 0 Å². The molecule has 0 aromatic carbocycles. The zero-order valence-electron chi connectivity index (χ0n) is 21.5. The van der Waals surface area contributed by atoms with Crippen LogP contribution in [-0.2, 0) is 10.0 Å². The minimum Gasteiger partial charge on any atom is -0.347 e. The number of hydrogen-bond acceptors (Lipinski definition) is 7. The lowest BCUT2D eigenvalue weighted by molar-refractivity contribution is 0.0953. The number of nitrogens with one attached hydrogen (secondary N) is 3. The highest BCUT2D eigenvalue weighted by atomic mass is 32.2. The average molecular weight is 535 g/mol. The van der Waals surface area contributed by atoms with Gasteiger partial charge in [-0.05, 0) is 73.6 Å². The molecule has 9 nitrogen and oxygen atoms in total. The summed E-state index contributed by atoms with van der Waals surface area (Å²) in [6.45, 7) is 9.72. The van der Waals surface area contributed by atoms with E-state index in [-0.39, 0.29) is 28.7 Å². The van der Waals surface area contributed by atoms with Crippen molar-refractivity contribution in [3.05, 3.63) is 95.8 Å². The minimum absolute atomic E-state index is 0.0150. The molecule has 0 bridgehead atoms. The fourth-order valence-electron chi connectivity index (χ4n) is 3.85. The Labute approximate surface area is 224 Å². The number of nitrogens with zero attached hydrogens (tertiary/aromatic N) is 3. The molecule has 1 amide bonds. The Morgan fingerprint density at radius 3 is 2.66 bits per heavy atom. The van der Waals surface area contributed by atoms with E-state index in [2.05, 4.69) is 43.6 Å². The van der Waals surface area contributed by atoms with Gasteiger partial charge in [-0.2, -0.15) is 5.10 Å². The second-order valence-corrected chi connectivity index (χ2v) is 11.1. The van der Waals surface area contributed by atoms with Crippen LogP contribution in [0.3, 0.4) is 0 Å². The summed E-state index contributed by atoms with van der Waals surface area (Å²) in [5.41, 5.74) is 5.93. The third-order valence-corrected chi connectivity index (χ3v) is 7.93. The SMILES string of the molecule is C=C/C(=C\C=C/CNC(=O)c1cc(/C(C)=C/C=C(\C=C)S(=O)(=O)NC2CC2)ccn1)C1NN=CN1C1CC1. The number of carbonyl (C=O) groups excluding carboxylic acids is 1. The maximum absolute atomic E-state index is 12.7. The molecule has 3 aliphatic rings. The van der Waals surface area contributed by atoms with Gasteiger partial charge in [-0.15, -0.1) is 0 Å². The maximum atomic E-state index is 12.7. The summed E-state index contributed by atoms with van der Waals surface area (Å²) in [5, 5.41) is 7.02. The number of hydrazone groups is 1. The second-order valence-electron chi connectivity index (χ2n) is 9.41. The number of sulfonamides is 1. The first kappa shape index (κ1) is 27.3. The van der Waals surface area contributed by atoms with Gasteiger partial charge in [0, 0.05) is 24.8 Å². The van der Waals surface area contributed by atoms with Gasteiger partial charge >= 0.3 is 0 Å². The number of amides is 1. The maximum Gasteiger partial charge on any atom is 0.270 e. The van der Waals surface area contributed by atoms with Gasteiger partial charge in [0.25, 0.3) is 5.91 Å². The first-order valence-corrected chi connectivity index (χ1v) is 14.1. The number of carbonyl (C=O) groups is 1. The molecule has 4 rings (SSSR count). The molecule has 3 N–H and O–H groups in total. The smallest absolute Gasteiger partial charge is 0.270 e. The van der Waals surface area contributed by atoms with Crippen molar-refractivity contribution in [1.29, 1.82) is 0 Å². The van der Waals surface area contributed by atoms with Crippen molar-refractivity contribution in [1.82, 2.24) is 25.3 Å². The Morgan fingerprint density at radius 1 is 1.18 bits per heavy atom. The van der Waals surface area contributed by atoms with Crippen molar-refractivity contribution in [3.8, 4) is 0 Å². The van der Waals surface area contributed by atoms with E-state index in [4.69, 9.17) is 0 Å². The van der Waals surface area contributed by atoms with Gasteiger partial charge in [-0.3, -0.25) is 15.2 Å². The minimum atomic E-state index is -3.60. The Morgan fingerprint density at radius 2 is 1.97 bits per heavy atom. The zero-order valence-corrected chi connectivity index (χ0v) is 22.3. The van der Waals surface area contributed by atoms with E-state index < -0.39 is 10.0 Å². The van der Waals surface area contributed by atoms with Gasteiger partial charge in [0.15, 0.2) is 0 Å². The predicted molar refractivity (Wildman–Crippen MR) is 151 cm³/mol. The van der Waals surface area contributed by atoms with Crippen molar-refractivity contribution >= 4 is 27.8 Å². The quantitative estimate of drug-likeness (QED) is 0.334. The van der Waals surface area contributed by atoms with E-state index in [0.717, 1.165) is 29.6 Å². The average Bonchev–Trinajstić information content (AvgIpc) is 3.86. The summed E-state index contributed by atoms with van der Waals surface area (Å²) < 4.78 is 27.5. The van der Waals surface area contributed by atoms with Gasteiger partial charge in [-0.1, -0.05) is 43.5 Å². The fourth-order valence-corrected chi connectivity index (χ4v) is 5.13. The van der Waals surface area contributed by atoms with E-state index in [1.54, 1.807) is 24.4 Å². The van der Waals surface area contributed by atoms with E-state index in [1.165, 1.54) is 25.0 Å². The van der Waals surface area contributed by atoms with E-state index >= 15 is 0 Å². The summed E-state index contributed by atoms with van der Waals surface area (Å²) in [6.07, 6.45) is 19.5. The number of hydrogen-bond donors (Lipinski definition) is 3. The summed E-state index contributed by atoms with van der Waals surface area (Å²) in [5.74, 6) is -0.304. The van der Waals surface area contributed by atoms with Crippen molar-refractivity contribution in [2.24, 2.45) is 5.10 Å². The van der Waals surface area contributed by atoms with Crippen LogP contribution in [0.15, 0.2) is 89.6 Å². The molecule has 2 heterocycles. The van der Waals surface area contributed by atoms with Crippen molar-refractivity contribution in [3.63, 3.8) is 0 Å². The molecule has 1 unspecified atom stereocenters. The van der Waals surface area contributed by atoms with E-state index in [9.17, 15) is 13.2 Å². The Balaban J connectivity index is 1.34. The first-order valence-electron chi connectivity index (χ1n) is 12.7. The van der Waals surface area contributed by atoms with E-state index in [0.29, 0.717) is 12.6 Å². The molecule has 10 heteroatoms. The van der Waals surface area contributed by atoms with Gasteiger partial charge in [-0.25, -0.2) is 13.1 Å². The molecule has 1 aromatic heterocycles. The van der Waals surface area contributed by atoms with Crippen LogP contribution in [0.4, 0.5) is 0 Å². The lowest BCUT2D eigenvalue weighted by Crippen LogP contribution is -2.39. The van der Waals surface area contributed by atoms with Crippen molar-refractivity contribution in [2.45, 2.75) is 50.9 Å². The number of pyridine rings is 1. The molecule has 1 aromatic rings. The molecule has 2 fully saturated rings. The zero-order chi connectivity index (χ0) is 27.1. The predicted octanol–water partition coefficient (Wildman–Crippen LogP) is 3.37. The summed E-state index contributed by atoms with van der Waals surface area (Å²) >= 11 is 0. The topological polar surface area (TPSA) is 116 Å². The van der Waals surface area contributed by atoms with Crippen LogP contribution in [0.2, 0.25) is 0 Å². The van der Waals surface area contributed by atoms with Crippen LogP contribution in [0, 0.1) is 0 Å². The van der Waals surface area contributed by atoms with Crippen LogP contribution in [0.5, 0.6) is 0 Å². The molecular formula is C28H34N6O3S. The Hall–Kier alpha value is -3.76. The normalized spacial score (nSPS) is 20.5.